The van der Waals surface area contributed by atoms with E-state index in [2.05, 4.69) is 77.9 Å². The normalized spacial score (nSPS) is 15.0. The molecule has 186 valence electrons. The van der Waals surface area contributed by atoms with Crippen molar-refractivity contribution in [2.45, 2.75) is 53.0 Å². The van der Waals surface area contributed by atoms with Crippen molar-refractivity contribution in [2.24, 2.45) is 0 Å². The fourth-order valence-corrected chi connectivity index (χ4v) is 5.58. The molecule has 0 radical (unpaired) electrons. The molecule has 0 fully saturated rings. The van der Waals surface area contributed by atoms with E-state index in [0.29, 0.717) is 5.82 Å². The highest BCUT2D eigenvalue weighted by atomic mass is 16.5. The van der Waals surface area contributed by atoms with Gasteiger partial charge in [0.05, 0.1) is 6.04 Å². The average Bonchev–Trinajstić information content (AvgIpc) is 3.44. The minimum absolute atomic E-state index is 0.0731. The minimum Gasteiger partial charge on any atom is -0.305 e. The lowest BCUT2D eigenvalue weighted by Crippen LogP contribution is -2.12. The summed E-state index contributed by atoms with van der Waals surface area (Å²) in [5, 5.41) is 3.89. The van der Waals surface area contributed by atoms with Gasteiger partial charge in [-0.2, -0.15) is 0 Å². The van der Waals surface area contributed by atoms with Gasteiger partial charge >= 0.3 is 5.76 Å². The third kappa shape index (κ3) is 4.00. The Hall–Kier alpha value is -4.26. The van der Waals surface area contributed by atoms with Gasteiger partial charge in [-0.15, -0.1) is 0 Å². The van der Waals surface area contributed by atoms with Crippen molar-refractivity contribution in [1.82, 2.24) is 24.7 Å². The molecule has 3 heterocycles. The molecule has 2 aromatic carbocycles. The summed E-state index contributed by atoms with van der Waals surface area (Å²) in [4.78, 5) is 24.1. The van der Waals surface area contributed by atoms with Gasteiger partial charge in [-0.3, -0.25) is 9.51 Å². The second kappa shape index (κ2) is 9.00. The van der Waals surface area contributed by atoms with Crippen molar-refractivity contribution in [3.05, 3.63) is 110 Å². The zero-order valence-corrected chi connectivity index (χ0v) is 21.5. The number of aromatic amines is 1. The molecule has 6 rings (SSSR count). The molecule has 1 atom stereocenters. The summed E-state index contributed by atoms with van der Waals surface area (Å²) < 4.78 is 7.05. The SMILES string of the molecule is CCc1nc2c(C)cc(C)nc2n1C(C)c1ccc2c(c1)CCc1ccccc1/C2=C\c1noc(=O)[nH]1. The summed E-state index contributed by atoms with van der Waals surface area (Å²) in [6, 6.07) is 17.3. The van der Waals surface area contributed by atoms with Crippen molar-refractivity contribution in [1.29, 1.82) is 0 Å². The Morgan fingerprint density at radius 1 is 1.05 bits per heavy atom. The molecule has 3 aromatic heterocycles. The fourth-order valence-electron chi connectivity index (χ4n) is 5.58. The Labute approximate surface area is 214 Å². The van der Waals surface area contributed by atoms with Crippen molar-refractivity contribution in [3.63, 3.8) is 0 Å². The molecule has 0 amide bonds. The monoisotopic (exact) mass is 491 g/mol. The van der Waals surface area contributed by atoms with Crippen molar-refractivity contribution >= 4 is 22.8 Å². The lowest BCUT2D eigenvalue weighted by Gasteiger charge is -2.20. The number of H-pyrrole nitrogens is 1. The zero-order valence-electron chi connectivity index (χ0n) is 21.5. The number of aromatic nitrogens is 5. The van der Waals surface area contributed by atoms with Crippen molar-refractivity contribution < 1.29 is 4.52 Å². The first kappa shape index (κ1) is 23.2. The van der Waals surface area contributed by atoms with E-state index in [0.717, 1.165) is 64.2 Å². The number of pyridine rings is 1. The third-order valence-electron chi connectivity index (χ3n) is 7.35. The first-order valence-electron chi connectivity index (χ1n) is 12.8. The van der Waals surface area contributed by atoms with Crippen LogP contribution in [0.4, 0.5) is 0 Å². The van der Waals surface area contributed by atoms with Gasteiger partial charge in [-0.1, -0.05) is 54.5 Å². The van der Waals surface area contributed by atoms with Crippen molar-refractivity contribution in [2.75, 3.05) is 0 Å². The van der Waals surface area contributed by atoms with E-state index in [9.17, 15) is 4.79 Å². The molecular weight excluding hydrogens is 462 g/mol. The van der Waals surface area contributed by atoms with Gasteiger partial charge in [-0.05, 0) is 84.7 Å². The highest BCUT2D eigenvalue weighted by molar-refractivity contribution is 5.93. The molecule has 1 aliphatic carbocycles. The molecule has 7 heteroatoms. The highest BCUT2D eigenvalue weighted by Gasteiger charge is 2.23. The van der Waals surface area contributed by atoms with Gasteiger partial charge < -0.3 is 4.57 Å². The van der Waals surface area contributed by atoms with Gasteiger partial charge in [0.2, 0.25) is 0 Å². The molecule has 0 aliphatic heterocycles. The maximum atomic E-state index is 11.6. The molecule has 0 saturated carbocycles. The molecule has 1 unspecified atom stereocenters. The Morgan fingerprint density at radius 2 is 1.84 bits per heavy atom. The fraction of sp³-hybridized carbons (Fsp3) is 0.267. The number of benzene rings is 2. The summed E-state index contributed by atoms with van der Waals surface area (Å²) in [7, 11) is 0. The van der Waals surface area contributed by atoms with Gasteiger partial charge in [0.15, 0.2) is 11.5 Å². The number of aryl methyl sites for hydroxylation is 5. The van der Waals surface area contributed by atoms with E-state index < -0.39 is 5.76 Å². The summed E-state index contributed by atoms with van der Waals surface area (Å²) in [6.45, 7) is 8.51. The number of hydrogen-bond donors (Lipinski definition) is 1. The molecular formula is C30H29N5O2. The standard InChI is InChI=1S/C30H29N5O2/c1-5-27-33-28-17(2)14-18(3)31-29(28)35(27)19(4)21-12-13-24-22(15-21)11-10-20-8-6-7-9-23(20)25(24)16-26-32-30(36)37-34-26/h6-9,12-16,19H,5,10-11H2,1-4H3,(H,32,34,36)/b25-16+. The maximum absolute atomic E-state index is 11.6. The Bertz CT molecular complexity index is 1740. The van der Waals surface area contributed by atoms with E-state index in [1.54, 1.807) is 0 Å². The lowest BCUT2D eigenvalue weighted by molar-refractivity contribution is 0.385. The molecule has 1 N–H and O–H groups in total. The Kier molecular flexibility index (Phi) is 5.63. The summed E-state index contributed by atoms with van der Waals surface area (Å²) in [6.07, 6.45) is 4.59. The predicted molar refractivity (Wildman–Crippen MR) is 145 cm³/mol. The van der Waals surface area contributed by atoms with Crippen LogP contribution in [-0.4, -0.2) is 24.7 Å². The molecule has 37 heavy (non-hydrogen) atoms. The quantitative estimate of drug-likeness (QED) is 0.354. The zero-order chi connectivity index (χ0) is 25.7. The van der Waals surface area contributed by atoms with E-state index >= 15 is 0 Å². The van der Waals surface area contributed by atoms with Crippen LogP contribution in [0, 0.1) is 13.8 Å². The van der Waals surface area contributed by atoms with Crippen LogP contribution in [-0.2, 0) is 19.3 Å². The van der Waals surface area contributed by atoms with E-state index in [1.165, 1.54) is 16.7 Å². The molecule has 0 saturated heterocycles. The topological polar surface area (TPSA) is 89.6 Å². The summed E-state index contributed by atoms with van der Waals surface area (Å²) in [5.74, 6) is 0.896. The molecule has 0 spiro atoms. The van der Waals surface area contributed by atoms with Crippen LogP contribution in [0.3, 0.4) is 0 Å². The largest absolute Gasteiger partial charge is 0.439 e. The van der Waals surface area contributed by atoms with Gasteiger partial charge in [0.25, 0.3) is 0 Å². The second-order valence-corrected chi connectivity index (χ2v) is 9.79. The summed E-state index contributed by atoms with van der Waals surface area (Å²) in [5.41, 5.74) is 11.2. The first-order valence-corrected chi connectivity index (χ1v) is 12.8. The van der Waals surface area contributed by atoms with Gasteiger partial charge in [-0.25, -0.2) is 14.8 Å². The predicted octanol–water partition coefficient (Wildman–Crippen LogP) is 5.58. The van der Waals surface area contributed by atoms with Crippen LogP contribution in [0.1, 0.15) is 70.6 Å². The number of fused-ring (bicyclic) bond motifs is 3. The van der Waals surface area contributed by atoms with E-state index in [4.69, 9.17) is 14.5 Å². The minimum atomic E-state index is -0.559. The number of imidazole rings is 1. The van der Waals surface area contributed by atoms with Crippen LogP contribution < -0.4 is 5.76 Å². The third-order valence-corrected chi connectivity index (χ3v) is 7.35. The van der Waals surface area contributed by atoms with Gasteiger partial charge in [0.1, 0.15) is 11.3 Å². The van der Waals surface area contributed by atoms with E-state index in [1.807, 2.05) is 19.1 Å². The first-order chi connectivity index (χ1) is 17.9. The van der Waals surface area contributed by atoms with Crippen LogP contribution in [0.5, 0.6) is 0 Å². The molecule has 7 nitrogen and oxygen atoms in total. The molecule has 1 aliphatic rings. The number of nitrogens with zero attached hydrogens (tertiary/aromatic N) is 4. The Balaban J connectivity index is 1.49. The molecule has 5 aromatic rings. The van der Waals surface area contributed by atoms with Crippen LogP contribution in [0.15, 0.2) is 57.8 Å². The van der Waals surface area contributed by atoms with Crippen molar-refractivity contribution in [3.8, 4) is 0 Å². The number of rotatable bonds is 4. The second-order valence-electron chi connectivity index (χ2n) is 9.79. The van der Waals surface area contributed by atoms with Crippen LogP contribution >= 0.6 is 0 Å². The van der Waals surface area contributed by atoms with E-state index in [-0.39, 0.29) is 6.04 Å². The van der Waals surface area contributed by atoms with Gasteiger partial charge in [0, 0.05) is 12.1 Å². The average molecular weight is 492 g/mol. The smallest absolute Gasteiger partial charge is 0.305 e. The van der Waals surface area contributed by atoms with Crippen LogP contribution in [0.2, 0.25) is 0 Å². The number of hydrogen-bond acceptors (Lipinski definition) is 5. The maximum Gasteiger partial charge on any atom is 0.439 e. The Morgan fingerprint density at radius 3 is 2.62 bits per heavy atom. The van der Waals surface area contributed by atoms with Crippen LogP contribution in [0.25, 0.3) is 22.8 Å². The lowest BCUT2D eigenvalue weighted by atomic mass is 9.91. The highest BCUT2D eigenvalue weighted by Crippen LogP contribution is 2.37. The molecule has 0 bridgehead atoms. The number of nitrogens with one attached hydrogen (secondary N) is 1. The summed E-state index contributed by atoms with van der Waals surface area (Å²) >= 11 is 0.